The van der Waals surface area contributed by atoms with Crippen molar-refractivity contribution < 1.29 is 18.4 Å². The predicted molar refractivity (Wildman–Crippen MR) is 102 cm³/mol. The van der Waals surface area contributed by atoms with Gasteiger partial charge in [-0.15, -0.1) is 0 Å². The van der Waals surface area contributed by atoms with E-state index in [2.05, 4.69) is 21.2 Å². The summed E-state index contributed by atoms with van der Waals surface area (Å²) in [4.78, 5) is 26.0. The van der Waals surface area contributed by atoms with Gasteiger partial charge in [-0.3, -0.25) is 9.59 Å². The first-order valence-corrected chi connectivity index (χ1v) is 10.4. The Morgan fingerprint density at radius 2 is 1.85 bits per heavy atom. The molecule has 148 valence electrons. The third kappa shape index (κ3) is 5.06. The van der Waals surface area contributed by atoms with Crippen molar-refractivity contribution >= 4 is 27.7 Å². The molecular weight excluding hydrogens is 418 g/mol. The number of benzene rings is 1. The number of carbonyl (C=O) groups is 2. The van der Waals surface area contributed by atoms with Gasteiger partial charge in [-0.05, 0) is 37.0 Å². The van der Waals surface area contributed by atoms with E-state index in [9.17, 15) is 18.4 Å². The summed E-state index contributed by atoms with van der Waals surface area (Å²) in [6.45, 7) is 0.444. The largest absolute Gasteiger partial charge is 0.348 e. The summed E-state index contributed by atoms with van der Waals surface area (Å²) in [5, 5.41) is 2.53. The van der Waals surface area contributed by atoms with Gasteiger partial charge in [0.05, 0.1) is 6.04 Å². The number of carbonyl (C=O) groups excluding carboxylic acids is 2. The van der Waals surface area contributed by atoms with Crippen molar-refractivity contribution in [2.45, 2.75) is 69.4 Å². The van der Waals surface area contributed by atoms with Crippen LogP contribution in [0.2, 0.25) is 0 Å². The highest BCUT2D eigenvalue weighted by Crippen LogP contribution is 2.36. The van der Waals surface area contributed by atoms with Crippen molar-refractivity contribution in [3.8, 4) is 0 Å². The monoisotopic (exact) mass is 442 g/mol. The molecule has 1 aromatic carbocycles. The molecule has 4 nitrogen and oxygen atoms in total. The molecule has 0 bridgehead atoms. The summed E-state index contributed by atoms with van der Waals surface area (Å²) in [5.74, 6) is -4.88. The molecule has 0 radical (unpaired) electrons. The van der Waals surface area contributed by atoms with Gasteiger partial charge in [0.25, 0.3) is 5.91 Å². The number of alkyl halides is 2. The maximum absolute atomic E-state index is 14.8. The maximum atomic E-state index is 14.8. The fourth-order valence-corrected chi connectivity index (χ4v) is 4.23. The normalized spacial score (nSPS) is 20.0. The van der Waals surface area contributed by atoms with Gasteiger partial charge < -0.3 is 10.2 Å². The predicted octanol–water partition coefficient (Wildman–Crippen LogP) is 4.59. The standard InChI is InChI=1S/C20H25BrF2N2O2/c21-15-10-8-14(9-11-15)17(25-12-4-7-18(25)26)13-20(22,23)19(27)24-16-5-2-1-3-6-16/h8-11,16-17H,1-7,12-13H2,(H,24,27). The number of hydrogen-bond donors (Lipinski definition) is 1. The third-order valence-corrected chi connectivity index (χ3v) is 5.99. The second-order valence-corrected chi connectivity index (χ2v) is 8.39. The Morgan fingerprint density at radius 3 is 2.44 bits per heavy atom. The molecular formula is C20H25BrF2N2O2. The lowest BCUT2D eigenvalue weighted by atomic mass is 9.94. The number of nitrogens with one attached hydrogen (secondary N) is 1. The molecule has 27 heavy (non-hydrogen) atoms. The molecule has 0 spiro atoms. The number of rotatable bonds is 6. The lowest BCUT2D eigenvalue weighted by Crippen LogP contribution is -2.47. The molecule has 2 amide bonds. The highest BCUT2D eigenvalue weighted by atomic mass is 79.9. The van der Waals surface area contributed by atoms with Crippen LogP contribution < -0.4 is 5.32 Å². The minimum Gasteiger partial charge on any atom is -0.348 e. The zero-order valence-electron chi connectivity index (χ0n) is 15.2. The fraction of sp³-hybridized carbons (Fsp3) is 0.600. The number of amides is 2. The maximum Gasteiger partial charge on any atom is 0.326 e. The van der Waals surface area contributed by atoms with Crippen molar-refractivity contribution in [1.82, 2.24) is 10.2 Å². The first kappa shape index (κ1) is 20.2. The zero-order valence-corrected chi connectivity index (χ0v) is 16.8. The molecule has 2 aliphatic rings. The lowest BCUT2D eigenvalue weighted by Gasteiger charge is -2.32. The summed E-state index contributed by atoms with van der Waals surface area (Å²) in [5.41, 5.74) is 0.624. The van der Waals surface area contributed by atoms with Gasteiger partial charge in [-0.1, -0.05) is 47.3 Å². The highest BCUT2D eigenvalue weighted by Gasteiger charge is 2.45. The first-order chi connectivity index (χ1) is 12.9. The van der Waals surface area contributed by atoms with Crippen LogP contribution in [0.4, 0.5) is 8.78 Å². The van der Waals surface area contributed by atoms with Gasteiger partial charge in [0.2, 0.25) is 5.91 Å². The Balaban J connectivity index is 1.76. The Labute approximate surface area is 166 Å². The Morgan fingerprint density at radius 1 is 1.19 bits per heavy atom. The Kier molecular flexibility index (Phi) is 6.50. The van der Waals surface area contributed by atoms with Crippen molar-refractivity contribution in [2.24, 2.45) is 0 Å². The van der Waals surface area contributed by atoms with Crippen molar-refractivity contribution in [3.05, 3.63) is 34.3 Å². The molecule has 1 saturated heterocycles. The van der Waals surface area contributed by atoms with Crippen LogP contribution >= 0.6 is 15.9 Å². The fourth-order valence-electron chi connectivity index (χ4n) is 3.96. The number of halogens is 3. The molecule has 1 aliphatic heterocycles. The second kappa shape index (κ2) is 8.67. The van der Waals surface area contributed by atoms with E-state index < -0.39 is 24.3 Å². The molecule has 2 fully saturated rings. The average molecular weight is 443 g/mol. The summed E-state index contributed by atoms with van der Waals surface area (Å²) in [7, 11) is 0. The van der Waals surface area contributed by atoms with E-state index >= 15 is 0 Å². The van der Waals surface area contributed by atoms with E-state index in [1.54, 1.807) is 24.3 Å². The molecule has 0 aromatic heterocycles. The van der Waals surface area contributed by atoms with Gasteiger partial charge >= 0.3 is 5.92 Å². The van der Waals surface area contributed by atoms with Gasteiger partial charge in [-0.25, -0.2) is 0 Å². The Bertz CT molecular complexity index is 675. The molecule has 1 heterocycles. The van der Waals surface area contributed by atoms with Crippen LogP contribution in [0.25, 0.3) is 0 Å². The second-order valence-electron chi connectivity index (χ2n) is 7.48. The summed E-state index contributed by atoms with van der Waals surface area (Å²) in [6, 6.07) is 6.02. The van der Waals surface area contributed by atoms with E-state index in [1.807, 2.05) is 0 Å². The number of likely N-dealkylation sites (tertiary alicyclic amines) is 1. The van der Waals surface area contributed by atoms with E-state index in [0.717, 1.165) is 36.6 Å². The van der Waals surface area contributed by atoms with Crippen LogP contribution in [-0.4, -0.2) is 35.2 Å². The summed E-state index contributed by atoms with van der Waals surface area (Å²) < 4.78 is 30.4. The number of hydrogen-bond acceptors (Lipinski definition) is 2. The van der Waals surface area contributed by atoms with Crippen molar-refractivity contribution in [3.63, 3.8) is 0 Å². The third-order valence-electron chi connectivity index (χ3n) is 5.46. The van der Waals surface area contributed by atoms with Gasteiger partial charge in [0.15, 0.2) is 0 Å². The van der Waals surface area contributed by atoms with E-state index in [0.29, 0.717) is 24.9 Å². The first-order valence-electron chi connectivity index (χ1n) is 9.60. The van der Waals surface area contributed by atoms with Gasteiger partial charge in [0, 0.05) is 29.9 Å². The van der Waals surface area contributed by atoms with Crippen LogP contribution in [-0.2, 0) is 9.59 Å². The highest BCUT2D eigenvalue weighted by molar-refractivity contribution is 9.10. The molecule has 1 saturated carbocycles. The minimum absolute atomic E-state index is 0.133. The van der Waals surface area contributed by atoms with Crippen molar-refractivity contribution in [2.75, 3.05) is 6.54 Å². The SMILES string of the molecule is O=C1CCCN1C(CC(F)(F)C(=O)NC1CCCCC1)c1ccc(Br)cc1. The van der Waals surface area contributed by atoms with Gasteiger partial charge in [-0.2, -0.15) is 8.78 Å². The quantitative estimate of drug-likeness (QED) is 0.700. The summed E-state index contributed by atoms with van der Waals surface area (Å²) in [6.07, 6.45) is 4.84. The van der Waals surface area contributed by atoms with Crippen LogP contribution in [0.15, 0.2) is 28.7 Å². The van der Waals surface area contributed by atoms with Crippen LogP contribution in [0.3, 0.4) is 0 Å². The average Bonchev–Trinajstić information content (AvgIpc) is 3.07. The number of nitrogens with zero attached hydrogens (tertiary/aromatic N) is 1. The molecule has 7 heteroatoms. The molecule has 1 aromatic rings. The minimum atomic E-state index is -3.53. The molecule has 3 rings (SSSR count). The smallest absolute Gasteiger partial charge is 0.326 e. The molecule has 1 aliphatic carbocycles. The molecule has 1 atom stereocenters. The van der Waals surface area contributed by atoms with E-state index in [-0.39, 0.29) is 11.9 Å². The van der Waals surface area contributed by atoms with E-state index in [4.69, 9.17) is 0 Å². The van der Waals surface area contributed by atoms with Crippen LogP contribution in [0, 0.1) is 0 Å². The van der Waals surface area contributed by atoms with Gasteiger partial charge in [0.1, 0.15) is 0 Å². The topological polar surface area (TPSA) is 49.4 Å². The molecule has 1 unspecified atom stereocenters. The molecule has 1 N–H and O–H groups in total. The summed E-state index contributed by atoms with van der Waals surface area (Å²) >= 11 is 3.34. The van der Waals surface area contributed by atoms with E-state index in [1.165, 1.54) is 4.90 Å². The zero-order chi connectivity index (χ0) is 19.4. The lowest BCUT2D eigenvalue weighted by molar-refractivity contribution is -0.151. The Hall–Kier alpha value is -1.50. The van der Waals surface area contributed by atoms with Crippen molar-refractivity contribution in [1.29, 1.82) is 0 Å². The van der Waals surface area contributed by atoms with Crippen LogP contribution in [0.1, 0.15) is 63.0 Å². The van der Waals surface area contributed by atoms with Crippen LogP contribution in [0.5, 0.6) is 0 Å².